The highest BCUT2D eigenvalue weighted by atomic mass is 19.1. The second-order valence-electron chi connectivity index (χ2n) is 8.26. The number of methoxy groups -OCH3 is 2. The molecule has 4 rings (SSSR count). The largest absolute Gasteiger partial charge is 0.497 e. The van der Waals surface area contributed by atoms with Crippen LogP contribution in [0.5, 0.6) is 11.5 Å². The average molecular weight is 413 g/mol. The third-order valence-corrected chi connectivity index (χ3v) is 6.68. The maximum Gasteiger partial charge on any atom is 0.254 e. The van der Waals surface area contributed by atoms with Crippen molar-refractivity contribution in [2.24, 2.45) is 5.92 Å². The minimum absolute atomic E-state index is 0.0910. The summed E-state index contributed by atoms with van der Waals surface area (Å²) in [6.45, 7) is 0.434. The number of nitrogens with zero attached hydrogens (tertiary/aromatic N) is 1. The number of benzene rings is 2. The van der Waals surface area contributed by atoms with Gasteiger partial charge < -0.3 is 19.5 Å². The Morgan fingerprint density at radius 2 is 1.87 bits per heavy atom. The zero-order valence-electron chi connectivity index (χ0n) is 17.4. The first-order valence-electron chi connectivity index (χ1n) is 10.5. The molecule has 1 aliphatic heterocycles. The van der Waals surface area contributed by atoms with Gasteiger partial charge in [0.05, 0.1) is 25.9 Å². The fraction of sp³-hybridized carbons (Fsp3) is 0.458. The zero-order chi connectivity index (χ0) is 21.3. The van der Waals surface area contributed by atoms with E-state index in [9.17, 15) is 14.3 Å². The Kier molecular flexibility index (Phi) is 5.69. The lowest BCUT2D eigenvalue weighted by molar-refractivity contribution is -0.115. The average Bonchev–Trinajstić information content (AvgIpc) is 2.77. The van der Waals surface area contributed by atoms with E-state index in [4.69, 9.17) is 9.47 Å². The van der Waals surface area contributed by atoms with Crippen LogP contribution in [-0.2, 0) is 0 Å². The van der Waals surface area contributed by atoms with Crippen LogP contribution in [0, 0.1) is 11.7 Å². The molecule has 1 N–H and O–H groups in total. The van der Waals surface area contributed by atoms with Gasteiger partial charge in [-0.2, -0.15) is 0 Å². The number of piperidine rings is 1. The van der Waals surface area contributed by atoms with Crippen molar-refractivity contribution in [3.63, 3.8) is 0 Å². The van der Waals surface area contributed by atoms with E-state index in [2.05, 4.69) is 0 Å². The van der Waals surface area contributed by atoms with E-state index in [0.29, 0.717) is 30.0 Å². The van der Waals surface area contributed by atoms with Gasteiger partial charge in [-0.05, 0) is 55.7 Å². The quantitative estimate of drug-likeness (QED) is 0.810. The molecule has 0 aromatic heterocycles. The topological polar surface area (TPSA) is 59.0 Å². The highest BCUT2D eigenvalue weighted by Gasteiger charge is 2.50. The summed E-state index contributed by atoms with van der Waals surface area (Å²) >= 11 is 0. The molecule has 2 aromatic carbocycles. The first-order valence-corrected chi connectivity index (χ1v) is 10.5. The molecule has 1 saturated heterocycles. The maximum atomic E-state index is 13.5. The Bertz CT molecular complexity index is 916. The summed E-state index contributed by atoms with van der Waals surface area (Å²) < 4.78 is 24.4. The van der Waals surface area contributed by atoms with Crippen LogP contribution < -0.4 is 9.47 Å². The molecule has 160 valence electrons. The molecular weight excluding hydrogens is 385 g/mol. The number of hydrogen-bond donors (Lipinski definition) is 1. The fourth-order valence-corrected chi connectivity index (χ4v) is 5.12. The number of carbonyl (C=O) groups excluding carboxylic acids is 1. The monoisotopic (exact) mass is 413 g/mol. The van der Waals surface area contributed by atoms with E-state index in [0.717, 1.165) is 31.2 Å². The number of halogens is 1. The summed E-state index contributed by atoms with van der Waals surface area (Å²) in [6.07, 6.45) is 4.13. The molecule has 1 saturated carbocycles. The number of rotatable bonds is 4. The van der Waals surface area contributed by atoms with E-state index in [1.807, 2.05) is 23.1 Å². The summed E-state index contributed by atoms with van der Waals surface area (Å²) in [4.78, 5) is 15.3. The minimum atomic E-state index is -0.798. The lowest BCUT2D eigenvalue weighted by Crippen LogP contribution is -2.56. The summed E-state index contributed by atoms with van der Waals surface area (Å²) in [5, 5.41) is 11.4. The van der Waals surface area contributed by atoms with Gasteiger partial charge in [0.15, 0.2) is 0 Å². The summed E-state index contributed by atoms with van der Waals surface area (Å²) in [5.41, 5.74) is 0.502. The number of carbonyl (C=O) groups is 1. The van der Waals surface area contributed by atoms with Gasteiger partial charge in [-0.1, -0.05) is 12.8 Å². The van der Waals surface area contributed by atoms with E-state index in [1.165, 1.54) is 24.3 Å². The van der Waals surface area contributed by atoms with Crippen LogP contribution in [0.15, 0.2) is 42.5 Å². The Balaban J connectivity index is 1.79. The highest BCUT2D eigenvalue weighted by Crippen LogP contribution is 2.51. The molecule has 30 heavy (non-hydrogen) atoms. The molecule has 1 heterocycles. The van der Waals surface area contributed by atoms with Gasteiger partial charge in [-0.15, -0.1) is 0 Å². The van der Waals surface area contributed by atoms with Crippen molar-refractivity contribution in [3.05, 3.63) is 59.4 Å². The van der Waals surface area contributed by atoms with Gasteiger partial charge in [-0.25, -0.2) is 4.39 Å². The van der Waals surface area contributed by atoms with Gasteiger partial charge in [0, 0.05) is 29.7 Å². The van der Waals surface area contributed by atoms with Crippen LogP contribution in [0.2, 0.25) is 0 Å². The normalized spacial score (nSPS) is 26.1. The first kappa shape index (κ1) is 20.7. The Morgan fingerprint density at radius 3 is 2.57 bits per heavy atom. The van der Waals surface area contributed by atoms with Crippen LogP contribution in [0.25, 0.3) is 0 Å². The number of fused-ring (bicyclic) bond motifs is 1. The second-order valence-corrected chi connectivity index (χ2v) is 8.26. The molecule has 0 spiro atoms. The SMILES string of the molecule is COc1ccc([C@H]2[C@H]3CCCC[C@]3(O)CCN2C(=O)c2ccc(F)cc2)c(OC)c1. The van der Waals surface area contributed by atoms with Crippen LogP contribution >= 0.6 is 0 Å². The molecule has 2 aromatic rings. The third kappa shape index (κ3) is 3.65. The molecule has 0 unspecified atom stereocenters. The van der Waals surface area contributed by atoms with Crippen molar-refractivity contribution in [2.45, 2.75) is 43.7 Å². The lowest BCUT2D eigenvalue weighted by Gasteiger charge is -2.52. The standard InChI is InChI=1S/C24H28FNO4/c1-29-18-10-11-19(21(15-18)30-2)22-20-5-3-4-12-24(20,28)13-14-26(22)23(27)16-6-8-17(25)9-7-16/h6-11,15,20,22,28H,3-5,12-14H2,1-2H3/t20-,22+,24+/m1/s1. The van der Waals surface area contributed by atoms with E-state index >= 15 is 0 Å². The van der Waals surface area contributed by atoms with Crippen molar-refractivity contribution in [3.8, 4) is 11.5 Å². The summed E-state index contributed by atoms with van der Waals surface area (Å²) in [6, 6.07) is 10.9. The number of amides is 1. The van der Waals surface area contributed by atoms with Crippen LogP contribution in [-0.4, -0.2) is 42.3 Å². The molecule has 6 heteroatoms. The Hall–Kier alpha value is -2.60. The maximum absolute atomic E-state index is 13.5. The molecule has 1 amide bonds. The van der Waals surface area contributed by atoms with Crippen LogP contribution in [0.4, 0.5) is 4.39 Å². The first-order chi connectivity index (χ1) is 14.5. The molecule has 3 atom stereocenters. The molecule has 1 aliphatic carbocycles. The van der Waals surface area contributed by atoms with E-state index in [-0.39, 0.29) is 23.7 Å². The van der Waals surface area contributed by atoms with Gasteiger partial charge in [-0.3, -0.25) is 4.79 Å². The van der Waals surface area contributed by atoms with Gasteiger partial charge in [0.25, 0.3) is 5.91 Å². The van der Waals surface area contributed by atoms with Gasteiger partial charge in [0.2, 0.25) is 0 Å². The smallest absolute Gasteiger partial charge is 0.254 e. The number of aliphatic hydroxyl groups is 1. The predicted octanol–water partition coefficient (Wildman–Crippen LogP) is 4.35. The van der Waals surface area contributed by atoms with E-state index < -0.39 is 5.60 Å². The van der Waals surface area contributed by atoms with Crippen molar-refractivity contribution in [2.75, 3.05) is 20.8 Å². The molecule has 5 nitrogen and oxygen atoms in total. The van der Waals surface area contributed by atoms with Crippen LogP contribution in [0.1, 0.15) is 54.1 Å². The Labute approximate surface area is 176 Å². The summed E-state index contributed by atoms with van der Waals surface area (Å²) in [7, 11) is 3.19. The van der Waals surface area contributed by atoms with Crippen molar-refractivity contribution in [1.82, 2.24) is 4.90 Å². The van der Waals surface area contributed by atoms with Gasteiger partial charge in [0.1, 0.15) is 17.3 Å². The van der Waals surface area contributed by atoms with Gasteiger partial charge >= 0.3 is 0 Å². The van der Waals surface area contributed by atoms with Crippen molar-refractivity contribution < 1.29 is 23.8 Å². The number of likely N-dealkylation sites (tertiary alicyclic amines) is 1. The minimum Gasteiger partial charge on any atom is -0.497 e. The predicted molar refractivity (Wildman–Crippen MR) is 111 cm³/mol. The van der Waals surface area contributed by atoms with Crippen LogP contribution in [0.3, 0.4) is 0 Å². The third-order valence-electron chi connectivity index (χ3n) is 6.68. The fourth-order valence-electron chi connectivity index (χ4n) is 5.12. The molecule has 2 fully saturated rings. The molecule has 0 bridgehead atoms. The lowest BCUT2D eigenvalue weighted by atomic mass is 9.66. The Morgan fingerprint density at radius 1 is 1.10 bits per heavy atom. The molecule has 2 aliphatic rings. The molecule has 0 radical (unpaired) electrons. The number of hydrogen-bond acceptors (Lipinski definition) is 4. The number of ether oxygens (including phenoxy) is 2. The molecular formula is C24H28FNO4. The zero-order valence-corrected chi connectivity index (χ0v) is 17.4. The van der Waals surface area contributed by atoms with Crippen molar-refractivity contribution in [1.29, 1.82) is 0 Å². The second kappa shape index (κ2) is 8.26. The van der Waals surface area contributed by atoms with Crippen molar-refractivity contribution >= 4 is 5.91 Å². The van der Waals surface area contributed by atoms with E-state index in [1.54, 1.807) is 14.2 Å². The highest BCUT2D eigenvalue weighted by molar-refractivity contribution is 5.94. The summed E-state index contributed by atoms with van der Waals surface area (Å²) in [5.74, 6) is 0.671.